The summed E-state index contributed by atoms with van der Waals surface area (Å²) in [6.45, 7) is 3.85. The molecule has 1 atom stereocenters. The van der Waals surface area contributed by atoms with E-state index < -0.39 is 6.04 Å². The van der Waals surface area contributed by atoms with Crippen molar-refractivity contribution in [3.8, 4) is 28.0 Å². The van der Waals surface area contributed by atoms with E-state index in [4.69, 9.17) is 22.1 Å². The van der Waals surface area contributed by atoms with Crippen LogP contribution >= 0.6 is 11.6 Å². The van der Waals surface area contributed by atoms with Crippen LogP contribution in [0.4, 0.5) is 5.82 Å². The van der Waals surface area contributed by atoms with Crippen LogP contribution in [-0.4, -0.2) is 61.7 Å². The molecule has 12 heteroatoms. The Morgan fingerprint density at radius 1 is 1.18 bits per heavy atom. The van der Waals surface area contributed by atoms with Gasteiger partial charge >= 0.3 is 0 Å². The van der Waals surface area contributed by atoms with Crippen molar-refractivity contribution in [1.29, 1.82) is 0 Å². The van der Waals surface area contributed by atoms with Gasteiger partial charge in [-0.2, -0.15) is 5.10 Å². The molecule has 4 aromatic heterocycles. The molecule has 4 heterocycles. The molecule has 0 aliphatic rings. The van der Waals surface area contributed by atoms with Crippen LogP contribution in [0.2, 0.25) is 5.02 Å². The van der Waals surface area contributed by atoms with E-state index in [1.807, 2.05) is 30.5 Å². The predicted octanol–water partition coefficient (Wildman–Crippen LogP) is 4.11. The number of aromatic nitrogens is 6. The quantitative estimate of drug-likeness (QED) is 0.317. The van der Waals surface area contributed by atoms with Crippen molar-refractivity contribution < 1.29 is 9.53 Å². The zero-order valence-corrected chi connectivity index (χ0v) is 23.3. The molecule has 204 valence electrons. The third-order valence-electron chi connectivity index (χ3n) is 6.90. The number of carbonyl (C=O) groups excluding carboxylic acids is 1. The number of carbonyl (C=O) groups is 1. The average Bonchev–Trinajstić information content (AvgIpc) is 3.48. The van der Waals surface area contributed by atoms with Crippen LogP contribution in [0.25, 0.3) is 33.3 Å². The SMILES string of the molecule is COc1c(C(C)n2cc(-c3cn[nH]c3)c(=O)c3c(N)ncnc32)cc(Cl)c(C)c1-c1ccc(C(=O)N(C)C)nc1. The zero-order valence-electron chi connectivity index (χ0n) is 22.6. The summed E-state index contributed by atoms with van der Waals surface area (Å²) < 4.78 is 7.83. The molecule has 0 saturated heterocycles. The summed E-state index contributed by atoms with van der Waals surface area (Å²) in [5.74, 6) is 0.450. The normalized spacial score (nSPS) is 11.9. The number of anilines is 1. The Hall–Kier alpha value is -4.77. The number of rotatable bonds is 6. The van der Waals surface area contributed by atoms with E-state index in [1.165, 1.54) is 11.2 Å². The monoisotopic (exact) mass is 558 g/mol. The second-order valence-corrected chi connectivity index (χ2v) is 9.92. The lowest BCUT2D eigenvalue weighted by Gasteiger charge is -2.25. The minimum atomic E-state index is -0.419. The highest BCUT2D eigenvalue weighted by Crippen LogP contribution is 2.43. The van der Waals surface area contributed by atoms with E-state index in [2.05, 4.69) is 25.1 Å². The number of nitrogens with one attached hydrogen (secondary N) is 1. The standard InChI is InChI=1S/C28H27ClN8O3/c1-14-20(29)8-18(25(40-5)22(14)16-6-7-21(31-9-16)28(39)36(3)4)15(2)37-12-19(17-10-34-35-11-17)24(38)23-26(30)32-13-33-27(23)37/h6-13,15H,1-5H3,(H,34,35)(H2,30,32,33). The number of benzene rings is 1. The number of amides is 1. The molecule has 0 aliphatic heterocycles. The van der Waals surface area contributed by atoms with Gasteiger partial charge in [0.1, 0.15) is 34.6 Å². The molecule has 11 nitrogen and oxygen atoms in total. The highest BCUT2D eigenvalue weighted by atomic mass is 35.5. The third-order valence-corrected chi connectivity index (χ3v) is 7.30. The number of methoxy groups -OCH3 is 1. The number of hydrogen-bond donors (Lipinski definition) is 2. The number of hydrogen-bond acceptors (Lipinski definition) is 8. The molecular weight excluding hydrogens is 532 g/mol. The maximum atomic E-state index is 13.4. The van der Waals surface area contributed by atoms with E-state index in [9.17, 15) is 9.59 Å². The molecule has 1 amide bonds. The first-order chi connectivity index (χ1) is 19.1. The lowest BCUT2D eigenvalue weighted by atomic mass is 9.94. The van der Waals surface area contributed by atoms with Gasteiger partial charge in [-0.3, -0.25) is 19.7 Å². The molecule has 0 saturated carbocycles. The van der Waals surface area contributed by atoms with Gasteiger partial charge in [-0.25, -0.2) is 9.97 Å². The predicted molar refractivity (Wildman–Crippen MR) is 154 cm³/mol. The first kappa shape index (κ1) is 26.8. The number of halogens is 1. The maximum Gasteiger partial charge on any atom is 0.271 e. The fourth-order valence-corrected chi connectivity index (χ4v) is 4.98. The lowest BCUT2D eigenvalue weighted by Crippen LogP contribution is -2.22. The highest BCUT2D eigenvalue weighted by molar-refractivity contribution is 6.32. The van der Waals surface area contributed by atoms with Crippen LogP contribution in [0.3, 0.4) is 0 Å². The number of nitrogens with zero attached hydrogens (tertiary/aromatic N) is 6. The summed E-state index contributed by atoms with van der Waals surface area (Å²) in [5, 5.41) is 7.46. The van der Waals surface area contributed by atoms with E-state index in [0.717, 1.165) is 22.3 Å². The number of fused-ring (bicyclic) bond motifs is 1. The number of H-pyrrole nitrogens is 1. The van der Waals surface area contributed by atoms with Crippen molar-refractivity contribution in [3.05, 3.63) is 81.4 Å². The molecule has 0 bridgehead atoms. The smallest absolute Gasteiger partial charge is 0.271 e. The van der Waals surface area contributed by atoms with Gasteiger partial charge in [0.05, 0.1) is 19.3 Å². The number of nitrogens with two attached hydrogens (primary N) is 1. The van der Waals surface area contributed by atoms with Crippen LogP contribution in [0, 0.1) is 6.92 Å². The minimum Gasteiger partial charge on any atom is -0.496 e. The number of nitrogen functional groups attached to an aromatic ring is 1. The molecule has 0 aliphatic carbocycles. The Morgan fingerprint density at radius 2 is 1.95 bits per heavy atom. The van der Waals surface area contributed by atoms with Crippen molar-refractivity contribution in [3.63, 3.8) is 0 Å². The number of aromatic amines is 1. The average molecular weight is 559 g/mol. The summed E-state index contributed by atoms with van der Waals surface area (Å²) in [4.78, 5) is 40.1. The van der Waals surface area contributed by atoms with Crippen LogP contribution in [0.5, 0.6) is 5.75 Å². The van der Waals surface area contributed by atoms with Gasteiger partial charge < -0.3 is 19.9 Å². The molecule has 0 fully saturated rings. The molecule has 5 rings (SSSR count). The Balaban J connectivity index is 1.73. The first-order valence-electron chi connectivity index (χ1n) is 12.3. The van der Waals surface area contributed by atoms with E-state index >= 15 is 0 Å². The molecule has 1 aromatic carbocycles. The largest absolute Gasteiger partial charge is 0.496 e. The van der Waals surface area contributed by atoms with Gasteiger partial charge in [0.15, 0.2) is 0 Å². The van der Waals surface area contributed by atoms with Crippen LogP contribution < -0.4 is 15.9 Å². The summed E-state index contributed by atoms with van der Waals surface area (Å²) in [6.07, 6.45) is 7.88. The van der Waals surface area contributed by atoms with Crippen molar-refractivity contribution >= 4 is 34.4 Å². The fraction of sp³-hybridized carbons (Fsp3) is 0.214. The van der Waals surface area contributed by atoms with Gasteiger partial charge in [-0.05, 0) is 31.5 Å². The van der Waals surface area contributed by atoms with E-state index in [0.29, 0.717) is 33.2 Å². The lowest BCUT2D eigenvalue weighted by molar-refractivity contribution is 0.0822. The van der Waals surface area contributed by atoms with Gasteiger partial charge in [-0.15, -0.1) is 0 Å². The summed E-state index contributed by atoms with van der Waals surface area (Å²) in [5.41, 5.74) is 10.5. The minimum absolute atomic E-state index is 0.0781. The molecule has 1 unspecified atom stereocenters. The van der Waals surface area contributed by atoms with Gasteiger partial charge in [0.2, 0.25) is 5.43 Å². The van der Waals surface area contributed by atoms with Crippen molar-refractivity contribution in [2.45, 2.75) is 19.9 Å². The zero-order chi connectivity index (χ0) is 28.7. The second-order valence-electron chi connectivity index (χ2n) is 9.51. The molecule has 3 N–H and O–H groups in total. The second kappa shape index (κ2) is 10.4. The molecule has 0 spiro atoms. The van der Waals surface area contributed by atoms with E-state index in [-0.39, 0.29) is 22.5 Å². The van der Waals surface area contributed by atoms with Crippen molar-refractivity contribution in [2.24, 2.45) is 0 Å². The van der Waals surface area contributed by atoms with Gasteiger partial charge in [-0.1, -0.05) is 17.7 Å². The summed E-state index contributed by atoms with van der Waals surface area (Å²) in [6, 6.07) is 4.91. The Labute approximate surface area is 234 Å². The van der Waals surface area contributed by atoms with E-state index in [1.54, 1.807) is 52.1 Å². The Bertz CT molecular complexity index is 1800. The maximum absolute atomic E-state index is 13.4. The molecular formula is C28H27ClN8O3. The molecule has 5 aromatic rings. The first-order valence-corrected chi connectivity index (χ1v) is 12.7. The fourth-order valence-electron chi connectivity index (χ4n) is 4.77. The summed E-state index contributed by atoms with van der Waals surface area (Å²) >= 11 is 6.78. The van der Waals surface area contributed by atoms with Crippen LogP contribution in [0.1, 0.15) is 34.6 Å². The van der Waals surface area contributed by atoms with Crippen LogP contribution in [-0.2, 0) is 0 Å². The highest BCUT2D eigenvalue weighted by Gasteiger charge is 2.25. The van der Waals surface area contributed by atoms with Crippen molar-refractivity contribution in [2.75, 3.05) is 26.9 Å². The van der Waals surface area contributed by atoms with Gasteiger partial charge in [0.25, 0.3) is 5.91 Å². The number of pyridine rings is 2. The van der Waals surface area contributed by atoms with Gasteiger partial charge in [0, 0.05) is 65.5 Å². The van der Waals surface area contributed by atoms with Crippen LogP contribution in [0.15, 0.2) is 54.1 Å². The molecule has 0 radical (unpaired) electrons. The Kier molecular flexibility index (Phi) is 6.99. The topological polar surface area (TPSA) is 145 Å². The van der Waals surface area contributed by atoms with Crippen molar-refractivity contribution in [1.82, 2.24) is 34.6 Å². The third kappa shape index (κ3) is 4.43. The summed E-state index contributed by atoms with van der Waals surface area (Å²) in [7, 11) is 4.93. The molecule has 40 heavy (non-hydrogen) atoms. The Morgan fingerprint density at radius 3 is 2.58 bits per heavy atom. The number of ether oxygens (including phenoxy) is 1.